The van der Waals surface area contributed by atoms with Gasteiger partial charge in [-0.2, -0.15) is 5.26 Å². The Morgan fingerprint density at radius 2 is 2.27 bits per heavy atom. The van der Waals surface area contributed by atoms with Crippen LogP contribution in [-0.2, 0) is 9.63 Å². The fraction of sp³-hybridized carbons (Fsp3) is 0.727. The minimum Gasteiger partial charge on any atom is -0.319 e. The molecule has 0 saturated heterocycles. The van der Waals surface area contributed by atoms with Crippen LogP contribution in [0.2, 0.25) is 0 Å². The molecular weight excluding hydrogens is 192 g/mol. The van der Waals surface area contributed by atoms with Crippen molar-refractivity contribution < 1.29 is 9.63 Å². The van der Waals surface area contributed by atoms with Gasteiger partial charge in [-0.25, -0.2) is 4.79 Å². The van der Waals surface area contributed by atoms with E-state index in [2.05, 4.69) is 16.1 Å². The highest BCUT2D eigenvalue weighted by Crippen LogP contribution is 2.25. The molecule has 0 heterocycles. The maximum Gasteiger partial charge on any atom is 0.331 e. The number of carbonyl (C=O) groups is 1. The second-order valence-corrected chi connectivity index (χ2v) is 3.93. The SMILES string of the molecule is CC(=O)ON=CC1CCCC(C#N)CC1. The van der Waals surface area contributed by atoms with E-state index in [0.29, 0.717) is 5.92 Å². The van der Waals surface area contributed by atoms with E-state index in [-0.39, 0.29) is 5.92 Å². The van der Waals surface area contributed by atoms with Crippen molar-refractivity contribution in [3.8, 4) is 6.07 Å². The van der Waals surface area contributed by atoms with Gasteiger partial charge in [-0.05, 0) is 31.6 Å². The lowest BCUT2D eigenvalue weighted by Crippen LogP contribution is -2.02. The molecule has 0 amide bonds. The number of carbonyl (C=O) groups excluding carboxylic acids is 1. The van der Waals surface area contributed by atoms with E-state index < -0.39 is 5.97 Å². The Bertz CT molecular complexity index is 281. The molecule has 1 saturated carbocycles. The molecule has 15 heavy (non-hydrogen) atoms. The Kier molecular flexibility index (Phi) is 4.82. The monoisotopic (exact) mass is 208 g/mol. The van der Waals surface area contributed by atoms with Crippen molar-refractivity contribution >= 4 is 12.2 Å². The highest BCUT2D eigenvalue weighted by molar-refractivity contribution is 5.67. The fourth-order valence-corrected chi connectivity index (χ4v) is 1.80. The van der Waals surface area contributed by atoms with Gasteiger partial charge < -0.3 is 4.84 Å². The minimum absolute atomic E-state index is 0.192. The van der Waals surface area contributed by atoms with Crippen LogP contribution in [0.4, 0.5) is 0 Å². The summed E-state index contributed by atoms with van der Waals surface area (Å²) in [4.78, 5) is 15.0. The van der Waals surface area contributed by atoms with Gasteiger partial charge in [0.15, 0.2) is 0 Å². The van der Waals surface area contributed by atoms with E-state index in [4.69, 9.17) is 5.26 Å². The molecule has 4 nitrogen and oxygen atoms in total. The number of hydrogen-bond acceptors (Lipinski definition) is 4. The fourth-order valence-electron chi connectivity index (χ4n) is 1.80. The van der Waals surface area contributed by atoms with Crippen LogP contribution in [0.3, 0.4) is 0 Å². The van der Waals surface area contributed by atoms with Gasteiger partial charge in [0.2, 0.25) is 0 Å². The number of oxime groups is 1. The summed E-state index contributed by atoms with van der Waals surface area (Å²) in [5.74, 6) is 0.148. The lowest BCUT2D eigenvalue weighted by molar-refractivity contribution is -0.140. The minimum atomic E-state index is -0.394. The first-order chi connectivity index (χ1) is 7.22. The molecule has 82 valence electrons. The molecule has 0 N–H and O–H groups in total. The van der Waals surface area contributed by atoms with Gasteiger partial charge in [0, 0.05) is 19.1 Å². The standard InChI is InChI=1S/C11H16N2O2/c1-9(14)15-13-8-11-4-2-3-10(7-12)5-6-11/h8,10-11H,2-6H2,1H3. The van der Waals surface area contributed by atoms with Crippen molar-refractivity contribution in [3.05, 3.63) is 0 Å². The second kappa shape index (κ2) is 6.18. The van der Waals surface area contributed by atoms with Crippen molar-refractivity contribution in [2.24, 2.45) is 17.0 Å². The van der Waals surface area contributed by atoms with E-state index in [1.54, 1.807) is 6.21 Å². The molecule has 0 aromatic carbocycles. The molecular formula is C11H16N2O2. The van der Waals surface area contributed by atoms with Gasteiger partial charge >= 0.3 is 5.97 Å². The van der Waals surface area contributed by atoms with E-state index in [1.165, 1.54) is 6.92 Å². The van der Waals surface area contributed by atoms with Crippen LogP contribution in [0.5, 0.6) is 0 Å². The van der Waals surface area contributed by atoms with Crippen LogP contribution >= 0.6 is 0 Å². The van der Waals surface area contributed by atoms with Crippen LogP contribution in [0.25, 0.3) is 0 Å². The molecule has 0 spiro atoms. The third-order valence-electron chi connectivity index (χ3n) is 2.65. The highest BCUT2D eigenvalue weighted by atomic mass is 16.7. The van der Waals surface area contributed by atoms with Crippen molar-refractivity contribution in [2.75, 3.05) is 0 Å². The lowest BCUT2D eigenvalue weighted by atomic mass is 10.0. The average Bonchev–Trinajstić information content (AvgIpc) is 2.42. The number of rotatable bonds is 2. The van der Waals surface area contributed by atoms with Crippen LogP contribution in [0.15, 0.2) is 5.16 Å². The van der Waals surface area contributed by atoms with Gasteiger partial charge in [-0.15, -0.1) is 0 Å². The maximum absolute atomic E-state index is 10.5. The smallest absolute Gasteiger partial charge is 0.319 e. The summed E-state index contributed by atoms with van der Waals surface area (Å²) in [5.41, 5.74) is 0. The van der Waals surface area contributed by atoms with Crippen LogP contribution in [-0.4, -0.2) is 12.2 Å². The zero-order valence-corrected chi connectivity index (χ0v) is 8.98. The van der Waals surface area contributed by atoms with Gasteiger partial charge in [-0.3, -0.25) is 0 Å². The predicted octanol–water partition coefficient (Wildman–Crippen LogP) is 2.26. The molecule has 0 bridgehead atoms. The van der Waals surface area contributed by atoms with Crippen LogP contribution in [0, 0.1) is 23.2 Å². The van der Waals surface area contributed by atoms with Crippen molar-refractivity contribution in [2.45, 2.75) is 39.0 Å². The Hall–Kier alpha value is -1.37. The van der Waals surface area contributed by atoms with E-state index in [1.807, 2.05) is 0 Å². The summed E-state index contributed by atoms with van der Waals surface area (Å²) in [7, 11) is 0. The molecule has 1 rings (SSSR count). The lowest BCUT2D eigenvalue weighted by Gasteiger charge is -2.05. The predicted molar refractivity (Wildman–Crippen MR) is 55.9 cm³/mol. The molecule has 1 fully saturated rings. The van der Waals surface area contributed by atoms with Gasteiger partial charge in [-0.1, -0.05) is 11.6 Å². The number of nitriles is 1. The van der Waals surface area contributed by atoms with Gasteiger partial charge in [0.05, 0.1) is 6.07 Å². The summed E-state index contributed by atoms with van der Waals surface area (Å²) in [6.07, 6.45) is 6.64. The third kappa shape index (κ3) is 4.59. The van der Waals surface area contributed by atoms with Gasteiger partial charge in [0.25, 0.3) is 0 Å². The van der Waals surface area contributed by atoms with Crippen LogP contribution < -0.4 is 0 Å². The van der Waals surface area contributed by atoms with E-state index in [9.17, 15) is 4.79 Å². The quantitative estimate of drug-likeness (QED) is 0.302. The number of hydrogen-bond donors (Lipinski definition) is 0. The average molecular weight is 208 g/mol. The Labute approximate surface area is 89.9 Å². The molecule has 0 aromatic heterocycles. The van der Waals surface area contributed by atoms with Crippen molar-refractivity contribution in [1.29, 1.82) is 5.26 Å². The Morgan fingerprint density at radius 1 is 1.47 bits per heavy atom. The third-order valence-corrected chi connectivity index (χ3v) is 2.65. The largest absolute Gasteiger partial charge is 0.331 e. The first-order valence-electron chi connectivity index (χ1n) is 5.33. The highest BCUT2D eigenvalue weighted by Gasteiger charge is 2.17. The van der Waals surface area contributed by atoms with E-state index >= 15 is 0 Å². The summed E-state index contributed by atoms with van der Waals surface area (Å²) in [6, 6.07) is 2.31. The first kappa shape index (κ1) is 11.7. The Balaban J connectivity index is 2.34. The summed E-state index contributed by atoms with van der Waals surface area (Å²) in [5, 5.41) is 12.4. The number of nitrogens with zero attached hydrogens (tertiary/aromatic N) is 2. The van der Waals surface area contributed by atoms with Gasteiger partial charge in [0.1, 0.15) is 0 Å². The zero-order valence-electron chi connectivity index (χ0n) is 8.98. The normalized spacial score (nSPS) is 26.9. The molecule has 0 aromatic rings. The molecule has 4 heteroatoms. The molecule has 0 radical (unpaired) electrons. The topological polar surface area (TPSA) is 62.4 Å². The molecule has 2 unspecified atom stereocenters. The second-order valence-electron chi connectivity index (χ2n) is 3.93. The Morgan fingerprint density at radius 3 is 2.93 bits per heavy atom. The summed E-state index contributed by atoms with van der Waals surface area (Å²) in [6.45, 7) is 1.33. The van der Waals surface area contributed by atoms with Crippen LogP contribution in [0.1, 0.15) is 39.0 Å². The zero-order chi connectivity index (χ0) is 11.1. The molecule has 2 atom stereocenters. The van der Waals surface area contributed by atoms with Crippen molar-refractivity contribution in [1.82, 2.24) is 0 Å². The van der Waals surface area contributed by atoms with E-state index in [0.717, 1.165) is 32.1 Å². The first-order valence-corrected chi connectivity index (χ1v) is 5.33. The molecule has 1 aliphatic rings. The molecule has 1 aliphatic carbocycles. The summed E-state index contributed by atoms with van der Waals surface area (Å²) < 4.78 is 0. The molecule has 0 aliphatic heterocycles. The summed E-state index contributed by atoms with van der Waals surface area (Å²) >= 11 is 0. The van der Waals surface area contributed by atoms with Crippen molar-refractivity contribution in [3.63, 3.8) is 0 Å². The maximum atomic E-state index is 10.5.